The maximum atomic E-state index is 12.1. The summed E-state index contributed by atoms with van der Waals surface area (Å²) >= 11 is 0. The molecule has 1 aromatic heterocycles. The molecule has 0 spiro atoms. The largest absolute Gasteiger partial charge is 0.478 e. The molecule has 0 atom stereocenters. The third kappa shape index (κ3) is 2.58. The molecule has 0 aliphatic heterocycles. The molecule has 0 radical (unpaired) electrons. The fraction of sp³-hybridized carbons (Fsp3) is 0.0909. The van der Waals surface area contributed by atoms with Crippen molar-refractivity contribution in [2.75, 3.05) is 4.72 Å². The molecule has 0 fully saturated rings. The first-order valence-electron chi connectivity index (χ1n) is 5.27. The van der Waals surface area contributed by atoms with Crippen LogP contribution in [0.2, 0.25) is 0 Å². The van der Waals surface area contributed by atoms with E-state index in [2.05, 4.69) is 14.9 Å². The van der Waals surface area contributed by atoms with Gasteiger partial charge in [-0.3, -0.25) is 9.82 Å². The third-order valence-electron chi connectivity index (χ3n) is 2.47. The van der Waals surface area contributed by atoms with Gasteiger partial charge in [-0.2, -0.15) is 5.10 Å². The van der Waals surface area contributed by atoms with Crippen molar-refractivity contribution in [2.45, 2.75) is 11.8 Å². The molecular weight excluding hydrogens is 270 g/mol. The van der Waals surface area contributed by atoms with Gasteiger partial charge in [-0.05, 0) is 19.1 Å². The Bertz CT molecular complexity index is 721. The number of H-pyrrole nitrogens is 1. The highest BCUT2D eigenvalue weighted by molar-refractivity contribution is 7.92. The average Bonchev–Trinajstić information content (AvgIpc) is 2.76. The minimum atomic E-state index is -3.86. The zero-order valence-electron chi connectivity index (χ0n) is 9.91. The molecule has 1 aromatic carbocycles. The highest BCUT2D eigenvalue weighted by atomic mass is 32.2. The van der Waals surface area contributed by atoms with E-state index in [9.17, 15) is 13.2 Å². The number of aromatic amines is 1. The number of carbonyl (C=O) groups is 1. The number of aromatic nitrogens is 2. The molecule has 0 amide bonds. The SMILES string of the molecule is Cc1[nH]ncc1S(=O)(=O)Nc1ccccc1C(=O)O. The first kappa shape index (κ1) is 13.1. The number of hydrogen-bond acceptors (Lipinski definition) is 4. The van der Waals surface area contributed by atoms with Crippen molar-refractivity contribution in [3.05, 3.63) is 41.7 Å². The van der Waals surface area contributed by atoms with Crippen LogP contribution in [0.5, 0.6) is 0 Å². The van der Waals surface area contributed by atoms with Crippen molar-refractivity contribution < 1.29 is 18.3 Å². The highest BCUT2D eigenvalue weighted by Gasteiger charge is 2.21. The van der Waals surface area contributed by atoms with Crippen LogP contribution in [0.1, 0.15) is 16.1 Å². The fourth-order valence-electron chi connectivity index (χ4n) is 1.57. The van der Waals surface area contributed by atoms with Gasteiger partial charge in [-0.25, -0.2) is 13.2 Å². The maximum Gasteiger partial charge on any atom is 0.337 e. The van der Waals surface area contributed by atoms with E-state index in [0.717, 1.165) is 0 Å². The van der Waals surface area contributed by atoms with Gasteiger partial charge in [0.05, 0.1) is 23.1 Å². The Morgan fingerprint density at radius 1 is 1.37 bits per heavy atom. The van der Waals surface area contributed by atoms with Gasteiger partial charge in [-0.1, -0.05) is 12.1 Å². The Hall–Kier alpha value is -2.35. The monoisotopic (exact) mass is 281 g/mol. The zero-order valence-corrected chi connectivity index (χ0v) is 10.7. The number of nitrogens with zero attached hydrogens (tertiary/aromatic N) is 1. The standard InChI is InChI=1S/C11H11N3O4S/c1-7-10(6-12-13-7)19(17,18)14-9-5-3-2-4-8(9)11(15)16/h2-6,14H,1H3,(H,12,13)(H,15,16). The van der Waals surface area contributed by atoms with Crippen LogP contribution in [0.4, 0.5) is 5.69 Å². The molecule has 2 aromatic rings. The summed E-state index contributed by atoms with van der Waals surface area (Å²) in [5.74, 6) is -1.21. The number of nitrogens with one attached hydrogen (secondary N) is 2. The Labute approximate surface area is 109 Å². The second-order valence-electron chi connectivity index (χ2n) is 3.82. The predicted molar refractivity (Wildman–Crippen MR) is 67.5 cm³/mol. The van der Waals surface area contributed by atoms with Crippen molar-refractivity contribution in [3.63, 3.8) is 0 Å². The molecule has 0 saturated carbocycles. The van der Waals surface area contributed by atoms with Gasteiger partial charge in [0.1, 0.15) is 4.90 Å². The van der Waals surface area contributed by atoms with E-state index < -0.39 is 16.0 Å². The molecule has 8 heteroatoms. The highest BCUT2D eigenvalue weighted by Crippen LogP contribution is 2.20. The molecule has 1 heterocycles. The van der Waals surface area contributed by atoms with Crippen molar-refractivity contribution in [2.24, 2.45) is 0 Å². The Morgan fingerprint density at radius 3 is 2.63 bits per heavy atom. The Morgan fingerprint density at radius 2 is 2.05 bits per heavy atom. The molecule has 0 bridgehead atoms. The van der Waals surface area contributed by atoms with Crippen molar-refractivity contribution in [1.29, 1.82) is 0 Å². The summed E-state index contributed by atoms with van der Waals surface area (Å²) in [7, 11) is -3.86. The van der Waals surface area contributed by atoms with Crippen LogP contribution in [0.15, 0.2) is 35.4 Å². The lowest BCUT2D eigenvalue weighted by Crippen LogP contribution is -2.15. The minimum Gasteiger partial charge on any atom is -0.478 e. The van der Waals surface area contributed by atoms with Crippen LogP contribution in [0, 0.1) is 6.92 Å². The second-order valence-corrected chi connectivity index (χ2v) is 5.47. The number of aryl methyl sites for hydroxylation is 1. The van der Waals surface area contributed by atoms with E-state index in [0.29, 0.717) is 5.69 Å². The topological polar surface area (TPSA) is 112 Å². The molecule has 7 nitrogen and oxygen atoms in total. The summed E-state index contributed by atoms with van der Waals surface area (Å²) in [6, 6.07) is 5.77. The number of benzene rings is 1. The van der Waals surface area contributed by atoms with Gasteiger partial charge in [0.15, 0.2) is 0 Å². The molecule has 0 unspecified atom stereocenters. The summed E-state index contributed by atoms with van der Waals surface area (Å²) in [5.41, 5.74) is 0.267. The van der Waals surface area contributed by atoms with Gasteiger partial charge >= 0.3 is 5.97 Å². The van der Waals surface area contributed by atoms with Crippen molar-refractivity contribution >= 4 is 21.7 Å². The molecule has 2 rings (SSSR count). The summed E-state index contributed by atoms with van der Waals surface area (Å²) in [6.45, 7) is 1.56. The normalized spacial score (nSPS) is 11.2. The predicted octanol–water partition coefficient (Wildman–Crippen LogP) is 1.22. The summed E-state index contributed by atoms with van der Waals surface area (Å²) in [5, 5.41) is 15.1. The van der Waals surface area contributed by atoms with Crippen LogP contribution >= 0.6 is 0 Å². The van der Waals surface area contributed by atoms with Crippen molar-refractivity contribution in [1.82, 2.24) is 10.2 Å². The van der Waals surface area contributed by atoms with E-state index in [4.69, 9.17) is 5.11 Å². The number of para-hydroxylation sites is 1. The number of carboxylic acid groups (broad SMARTS) is 1. The van der Waals surface area contributed by atoms with E-state index >= 15 is 0 Å². The lowest BCUT2D eigenvalue weighted by atomic mass is 10.2. The molecule has 0 saturated heterocycles. The van der Waals surface area contributed by atoms with Crippen molar-refractivity contribution in [3.8, 4) is 0 Å². The van der Waals surface area contributed by atoms with Gasteiger partial charge in [0.2, 0.25) is 0 Å². The molecule has 0 aliphatic carbocycles. The minimum absolute atomic E-state index is 0.00981. The third-order valence-corrected chi connectivity index (χ3v) is 3.95. The van der Waals surface area contributed by atoms with E-state index in [1.54, 1.807) is 13.0 Å². The first-order valence-corrected chi connectivity index (χ1v) is 6.75. The number of anilines is 1. The number of carboxylic acids is 1. The van der Waals surface area contributed by atoms with Crippen LogP contribution < -0.4 is 4.72 Å². The average molecular weight is 281 g/mol. The van der Waals surface area contributed by atoms with E-state index in [1.165, 1.54) is 24.4 Å². The summed E-state index contributed by atoms with van der Waals surface area (Å²) in [6.07, 6.45) is 1.17. The molecule has 19 heavy (non-hydrogen) atoms. The first-order chi connectivity index (χ1) is 8.92. The van der Waals surface area contributed by atoms with Gasteiger partial charge in [0, 0.05) is 0 Å². The molecule has 100 valence electrons. The summed E-state index contributed by atoms with van der Waals surface area (Å²) in [4.78, 5) is 11.0. The number of hydrogen-bond donors (Lipinski definition) is 3. The van der Waals surface area contributed by atoms with Crippen LogP contribution in [0.25, 0.3) is 0 Å². The Kier molecular flexibility index (Phi) is 3.26. The second kappa shape index (κ2) is 4.73. The van der Waals surface area contributed by atoms with Crippen LogP contribution in [-0.2, 0) is 10.0 Å². The Balaban J connectivity index is 2.42. The number of aromatic carboxylic acids is 1. The van der Waals surface area contributed by atoms with E-state index in [-0.39, 0.29) is 16.1 Å². The van der Waals surface area contributed by atoms with Gasteiger partial charge < -0.3 is 5.11 Å². The van der Waals surface area contributed by atoms with Gasteiger partial charge in [-0.15, -0.1) is 0 Å². The van der Waals surface area contributed by atoms with Crippen LogP contribution in [-0.4, -0.2) is 29.7 Å². The smallest absolute Gasteiger partial charge is 0.337 e. The number of sulfonamides is 1. The number of rotatable bonds is 4. The lowest BCUT2D eigenvalue weighted by Gasteiger charge is -2.09. The van der Waals surface area contributed by atoms with Crippen LogP contribution in [0.3, 0.4) is 0 Å². The molecule has 3 N–H and O–H groups in total. The summed E-state index contributed by atoms with van der Waals surface area (Å²) < 4.78 is 26.4. The fourth-order valence-corrected chi connectivity index (χ4v) is 2.79. The maximum absolute atomic E-state index is 12.1. The van der Waals surface area contributed by atoms with E-state index in [1.807, 2.05) is 0 Å². The molecule has 0 aliphatic rings. The molecular formula is C11H11N3O4S. The van der Waals surface area contributed by atoms with Gasteiger partial charge in [0.25, 0.3) is 10.0 Å². The lowest BCUT2D eigenvalue weighted by molar-refractivity contribution is 0.0698. The zero-order chi connectivity index (χ0) is 14.0. The quantitative estimate of drug-likeness (QED) is 0.780.